The third kappa shape index (κ3) is 2.69. The van der Waals surface area contributed by atoms with E-state index in [1.807, 2.05) is 0 Å². The first-order chi connectivity index (χ1) is 7.80. The van der Waals surface area contributed by atoms with Gasteiger partial charge < -0.3 is 10.4 Å². The number of rotatable bonds is 4. The fourth-order valence-corrected chi connectivity index (χ4v) is 1.24. The molecule has 0 spiro atoms. The third-order valence-corrected chi connectivity index (χ3v) is 2.58. The number of hydrogen-bond acceptors (Lipinski definition) is 2. The smallest absolute Gasteiger partial charge is 0.329 e. The van der Waals surface area contributed by atoms with Crippen molar-refractivity contribution in [3.63, 3.8) is 0 Å². The largest absolute Gasteiger partial charge is 0.480 e. The summed E-state index contributed by atoms with van der Waals surface area (Å²) in [6.45, 7) is 2.87. The van der Waals surface area contributed by atoms with Gasteiger partial charge in [0.25, 0.3) is 0 Å². The van der Waals surface area contributed by atoms with Gasteiger partial charge in [-0.15, -0.1) is 0 Å². The Morgan fingerprint density at radius 1 is 1.41 bits per heavy atom. The first kappa shape index (κ1) is 13.3. The molecular weight excluding hydrogens is 235 g/mol. The molecule has 1 unspecified atom stereocenters. The van der Waals surface area contributed by atoms with E-state index in [4.69, 9.17) is 5.11 Å². The van der Waals surface area contributed by atoms with Gasteiger partial charge in [0.15, 0.2) is 11.6 Å². The Balaban J connectivity index is 3.14. The van der Waals surface area contributed by atoms with Gasteiger partial charge in [-0.3, -0.25) is 0 Å². The number of benzene rings is 1. The molecule has 3 nitrogen and oxygen atoms in total. The lowest BCUT2D eigenvalue weighted by atomic mass is 9.98. The van der Waals surface area contributed by atoms with Crippen LogP contribution in [0.3, 0.4) is 0 Å². The zero-order chi connectivity index (χ0) is 13.2. The van der Waals surface area contributed by atoms with Crippen LogP contribution in [-0.2, 0) is 4.79 Å². The average molecular weight is 247 g/mol. The van der Waals surface area contributed by atoms with Crippen LogP contribution < -0.4 is 5.32 Å². The zero-order valence-electron chi connectivity index (χ0n) is 9.35. The summed E-state index contributed by atoms with van der Waals surface area (Å²) in [5.74, 6) is -4.87. The highest BCUT2D eigenvalue weighted by Gasteiger charge is 2.32. The quantitative estimate of drug-likeness (QED) is 0.804. The number of carboxylic acids is 1. The van der Waals surface area contributed by atoms with E-state index in [0.717, 1.165) is 6.07 Å². The minimum Gasteiger partial charge on any atom is -0.480 e. The molecule has 94 valence electrons. The topological polar surface area (TPSA) is 49.3 Å². The molecule has 0 aromatic heterocycles. The predicted octanol–water partition coefficient (Wildman–Crippen LogP) is 2.77. The van der Waals surface area contributed by atoms with Crippen LogP contribution in [0.1, 0.15) is 20.3 Å². The van der Waals surface area contributed by atoms with Crippen molar-refractivity contribution in [3.8, 4) is 0 Å². The average Bonchev–Trinajstić information content (AvgIpc) is 2.24. The second kappa shape index (κ2) is 4.65. The fraction of sp³-hybridized carbons (Fsp3) is 0.364. The molecule has 6 heteroatoms. The standard InChI is InChI=1S/C11H12F3NO2/c1-3-11(2,10(16)17)15-8-5-6(12)4-7(13)9(8)14/h4-5,15H,3H2,1-2H3,(H,16,17). The van der Waals surface area contributed by atoms with Gasteiger partial charge in [-0.25, -0.2) is 18.0 Å². The summed E-state index contributed by atoms with van der Waals surface area (Å²) >= 11 is 0. The summed E-state index contributed by atoms with van der Waals surface area (Å²) in [5.41, 5.74) is -1.99. The highest BCUT2D eigenvalue weighted by atomic mass is 19.2. The minimum atomic E-state index is -1.49. The molecule has 0 saturated carbocycles. The van der Waals surface area contributed by atoms with Crippen LogP contribution in [0.15, 0.2) is 12.1 Å². The molecule has 0 aliphatic heterocycles. The van der Waals surface area contributed by atoms with Crippen LogP contribution in [0.2, 0.25) is 0 Å². The van der Waals surface area contributed by atoms with Gasteiger partial charge in [-0.1, -0.05) is 6.92 Å². The van der Waals surface area contributed by atoms with E-state index in [9.17, 15) is 18.0 Å². The van der Waals surface area contributed by atoms with Gasteiger partial charge in [0.2, 0.25) is 0 Å². The number of aliphatic carboxylic acids is 1. The molecule has 2 N–H and O–H groups in total. The van der Waals surface area contributed by atoms with Crippen molar-refractivity contribution in [2.24, 2.45) is 0 Å². The van der Waals surface area contributed by atoms with Crippen molar-refractivity contribution < 1.29 is 23.1 Å². The molecular formula is C11H12F3NO2. The van der Waals surface area contributed by atoms with Crippen LogP contribution in [0.5, 0.6) is 0 Å². The van der Waals surface area contributed by atoms with Gasteiger partial charge >= 0.3 is 5.97 Å². The lowest BCUT2D eigenvalue weighted by Gasteiger charge is -2.26. The fourth-order valence-electron chi connectivity index (χ4n) is 1.24. The monoisotopic (exact) mass is 247 g/mol. The van der Waals surface area contributed by atoms with E-state index >= 15 is 0 Å². The number of carbonyl (C=O) groups is 1. The number of carboxylic acid groups (broad SMARTS) is 1. The second-order valence-electron chi connectivity index (χ2n) is 3.86. The van der Waals surface area contributed by atoms with Gasteiger partial charge in [0.1, 0.15) is 11.4 Å². The molecule has 17 heavy (non-hydrogen) atoms. The molecule has 1 aromatic rings. The highest BCUT2D eigenvalue weighted by molar-refractivity contribution is 5.82. The Kier molecular flexibility index (Phi) is 3.65. The lowest BCUT2D eigenvalue weighted by Crippen LogP contribution is -2.43. The Morgan fingerprint density at radius 3 is 2.47 bits per heavy atom. The van der Waals surface area contributed by atoms with Crippen LogP contribution in [0.4, 0.5) is 18.9 Å². The SMILES string of the molecule is CCC(C)(Nc1cc(F)cc(F)c1F)C(=O)O. The van der Waals surface area contributed by atoms with Gasteiger partial charge in [0, 0.05) is 12.1 Å². The van der Waals surface area contributed by atoms with Crippen LogP contribution in [0, 0.1) is 17.5 Å². The van der Waals surface area contributed by atoms with E-state index in [1.54, 1.807) is 6.92 Å². The third-order valence-electron chi connectivity index (χ3n) is 2.58. The maximum absolute atomic E-state index is 13.3. The van der Waals surface area contributed by atoms with Gasteiger partial charge in [0.05, 0.1) is 5.69 Å². The molecule has 0 heterocycles. The summed E-state index contributed by atoms with van der Waals surface area (Å²) in [6.07, 6.45) is 0.125. The Bertz CT molecular complexity index is 451. The lowest BCUT2D eigenvalue weighted by molar-refractivity contribution is -0.141. The van der Waals surface area contributed by atoms with Gasteiger partial charge in [-0.05, 0) is 13.3 Å². The Hall–Kier alpha value is -1.72. The molecule has 1 atom stereocenters. The van der Waals surface area contributed by atoms with Crippen molar-refractivity contribution in [2.75, 3.05) is 5.32 Å². The first-order valence-corrected chi connectivity index (χ1v) is 4.96. The summed E-state index contributed by atoms with van der Waals surface area (Å²) in [6, 6.07) is 1.11. The molecule has 0 amide bonds. The maximum atomic E-state index is 13.3. The molecule has 0 bridgehead atoms. The first-order valence-electron chi connectivity index (χ1n) is 4.96. The summed E-state index contributed by atoms with van der Waals surface area (Å²) in [7, 11) is 0. The predicted molar refractivity (Wildman–Crippen MR) is 56.3 cm³/mol. The summed E-state index contributed by atoms with van der Waals surface area (Å²) in [4.78, 5) is 11.0. The van der Waals surface area contributed by atoms with Crippen molar-refractivity contribution in [1.29, 1.82) is 0 Å². The summed E-state index contributed by atoms with van der Waals surface area (Å²) in [5, 5.41) is 11.3. The second-order valence-corrected chi connectivity index (χ2v) is 3.86. The number of anilines is 1. The van der Waals surface area contributed by atoms with Crippen molar-refractivity contribution in [2.45, 2.75) is 25.8 Å². The molecule has 1 aromatic carbocycles. The highest BCUT2D eigenvalue weighted by Crippen LogP contribution is 2.24. The van der Waals surface area contributed by atoms with Gasteiger partial charge in [-0.2, -0.15) is 0 Å². The molecule has 1 rings (SSSR count). The van der Waals surface area contributed by atoms with E-state index < -0.39 is 34.6 Å². The molecule has 0 radical (unpaired) electrons. The van der Waals surface area contributed by atoms with Crippen LogP contribution >= 0.6 is 0 Å². The van der Waals surface area contributed by atoms with Crippen molar-refractivity contribution in [1.82, 2.24) is 0 Å². The summed E-state index contributed by atoms with van der Waals surface area (Å²) < 4.78 is 39.1. The minimum absolute atomic E-state index is 0.125. The van der Waals surface area contributed by atoms with Crippen molar-refractivity contribution >= 4 is 11.7 Å². The van der Waals surface area contributed by atoms with E-state index in [-0.39, 0.29) is 6.42 Å². The zero-order valence-corrected chi connectivity index (χ0v) is 9.35. The molecule has 0 saturated heterocycles. The Labute approximate surface area is 96.3 Å². The normalized spacial score (nSPS) is 14.2. The Morgan fingerprint density at radius 2 is 2.00 bits per heavy atom. The van der Waals surface area contributed by atoms with Crippen LogP contribution in [-0.4, -0.2) is 16.6 Å². The van der Waals surface area contributed by atoms with E-state index in [2.05, 4.69) is 5.32 Å². The maximum Gasteiger partial charge on any atom is 0.329 e. The molecule has 0 aliphatic rings. The van der Waals surface area contributed by atoms with E-state index in [0.29, 0.717) is 6.07 Å². The molecule has 0 aliphatic carbocycles. The molecule has 0 fully saturated rings. The van der Waals surface area contributed by atoms with E-state index in [1.165, 1.54) is 6.92 Å². The number of halogens is 3. The van der Waals surface area contributed by atoms with Crippen molar-refractivity contribution in [3.05, 3.63) is 29.6 Å². The number of hydrogen-bond donors (Lipinski definition) is 2. The van der Waals surface area contributed by atoms with Crippen LogP contribution in [0.25, 0.3) is 0 Å². The number of nitrogens with one attached hydrogen (secondary N) is 1.